The van der Waals surface area contributed by atoms with Gasteiger partial charge in [0.1, 0.15) is 5.78 Å². The van der Waals surface area contributed by atoms with Crippen molar-refractivity contribution < 1.29 is 4.79 Å². The van der Waals surface area contributed by atoms with Crippen molar-refractivity contribution in [1.29, 1.82) is 0 Å². The SMILES string of the molecule is CC1CNC(CC(C)(C)C)CC1=O.Cl. The predicted octanol–water partition coefficient (Wildman–Crippen LogP) is 2.41. The first-order valence-electron chi connectivity index (χ1n) is 5.14. The van der Waals surface area contributed by atoms with Crippen molar-refractivity contribution in [3.63, 3.8) is 0 Å². The number of Topliss-reactive ketones (excluding diaryl/α,β-unsaturated/α-hetero) is 1. The van der Waals surface area contributed by atoms with Gasteiger partial charge in [0.2, 0.25) is 0 Å². The average Bonchev–Trinajstić information content (AvgIpc) is 1.94. The lowest BCUT2D eigenvalue weighted by atomic mass is 9.83. The van der Waals surface area contributed by atoms with E-state index >= 15 is 0 Å². The third kappa shape index (κ3) is 4.43. The van der Waals surface area contributed by atoms with Crippen molar-refractivity contribution in [3.05, 3.63) is 0 Å². The highest BCUT2D eigenvalue weighted by Gasteiger charge is 2.27. The van der Waals surface area contributed by atoms with Gasteiger partial charge in [-0.3, -0.25) is 4.79 Å². The monoisotopic (exact) mass is 219 g/mol. The van der Waals surface area contributed by atoms with Crippen molar-refractivity contribution in [2.75, 3.05) is 6.54 Å². The van der Waals surface area contributed by atoms with Crippen LogP contribution in [0.2, 0.25) is 0 Å². The van der Waals surface area contributed by atoms with Crippen LogP contribution in [0, 0.1) is 11.3 Å². The Morgan fingerprint density at radius 2 is 2.00 bits per heavy atom. The molecule has 84 valence electrons. The maximum atomic E-state index is 11.5. The van der Waals surface area contributed by atoms with Crippen molar-refractivity contribution in [3.8, 4) is 0 Å². The number of carbonyl (C=O) groups excluding carboxylic acids is 1. The molecule has 0 aromatic carbocycles. The Kier molecular flexibility index (Phi) is 5.10. The van der Waals surface area contributed by atoms with E-state index in [1.54, 1.807) is 0 Å². The van der Waals surface area contributed by atoms with Crippen molar-refractivity contribution in [2.24, 2.45) is 11.3 Å². The molecule has 0 amide bonds. The Labute approximate surface area is 93.2 Å². The number of hydrogen-bond acceptors (Lipinski definition) is 2. The molecule has 1 rings (SSSR count). The molecule has 1 heterocycles. The minimum absolute atomic E-state index is 0. The average molecular weight is 220 g/mol. The van der Waals surface area contributed by atoms with Gasteiger partial charge < -0.3 is 5.32 Å². The van der Waals surface area contributed by atoms with Gasteiger partial charge in [0.05, 0.1) is 0 Å². The van der Waals surface area contributed by atoms with E-state index < -0.39 is 0 Å². The van der Waals surface area contributed by atoms with Crippen LogP contribution in [0.5, 0.6) is 0 Å². The first kappa shape index (κ1) is 13.9. The van der Waals surface area contributed by atoms with Gasteiger partial charge in [0.25, 0.3) is 0 Å². The highest BCUT2D eigenvalue weighted by atomic mass is 35.5. The predicted molar refractivity (Wildman–Crippen MR) is 61.9 cm³/mol. The minimum Gasteiger partial charge on any atom is -0.313 e. The molecule has 2 nitrogen and oxygen atoms in total. The molecule has 0 radical (unpaired) electrons. The fraction of sp³-hybridized carbons (Fsp3) is 0.909. The highest BCUT2D eigenvalue weighted by molar-refractivity contribution is 5.85. The van der Waals surface area contributed by atoms with Crippen LogP contribution in [0.3, 0.4) is 0 Å². The van der Waals surface area contributed by atoms with E-state index in [2.05, 4.69) is 26.1 Å². The second-order valence-electron chi connectivity index (χ2n) is 5.44. The normalized spacial score (nSPS) is 28.4. The lowest BCUT2D eigenvalue weighted by Crippen LogP contribution is -2.44. The molecule has 1 aliphatic rings. The van der Waals surface area contributed by atoms with Gasteiger partial charge in [0.15, 0.2) is 0 Å². The van der Waals surface area contributed by atoms with E-state index in [1.807, 2.05) is 6.92 Å². The molecule has 0 spiro atoms. The van der Waals surface area contributed by atoms with Crippen LogP contribution >= 0.6 is 12.4 Å². The summed E-state index contributed by atoms with van der Waals surface area (Å²) in [5.74, 6) is 0.643. The molecule has 3 heteroatoms. The largest absolute Gasteiger partial charge is 0.313 e. The van der Waals surface area contributed by atoms with Gasteiger partial charge in [-0.1, -0.05) is 27.7 Å². The summed E-state index contributed by atoms with van der Waals surface area (Å²) < 4.78 is 0. The molecule has 2 atom stereocenters. The summed E-state index contributed by atoms with van der Waals surface area (Å²) in [5.41, 5.74) is 0.318. The van der Waals surface area contributed by atoms with Crippen LogP contribution in [-0.2, 0) is 4.79 Å². The maximum Gasteiger partial charge on any atom is 0.138 e. The Hall–Kier alpha value is -0.0800. The summed E-state index contributed by atoms with van der Waals surface area (Å²) in [6.45, 7) is 9.52. The fourth-order valence-corrected chi connectivity index (χ4v) is 1.86. The molecule has 14 heavy (non-hydrogen) atoms. The number of rotatable bonds is 1. The van der Waals surface area contributed by atoms with Crippen LogP contribution in [0.1, 0.15) is 40.5 Å². The Balaban J connectivity index is 0.00000169. The molecule has 1 saturated heterocycles. The molecule has 1 fully saturated rings. The molecule has 2 unspecified atom stereocenters. The smallest absolute Gasteiger partial charge is 0.138 e. The van der Waals surface area contributed by atoms with Crippen molar-refractivity contribution in [2.45, 2.75) is 46.6 Å². The van der Waals surface area contributed by atoms with Gasteiger partial charge in [-0.05, 0) is 11.8 Å². The van der Waals surface area contributed by atoms with Crippen molar-refractivity contribution >= 4 is 18.2 Å². The number of carbonyl (C=O) groups is 1. The molecular formula is C11H22ClNO. The number of nitrogens with one attached hydrogen (secondary N) is 1. The quantitative estimate of drug-likeness (QED) is 0.734. The van der Waals surface area contributed by atoms with Gasteiger partial charge in [-0.2, -0.15) is 0 Å². The van der Waals surface area contributed by atoms with Gasteiger partial charge in [0, 0.05) is 24.9 Å². The van der Waals surface area contributed by atoms with Crippen LogP contribution in [0.15, 0.2) is 0 Å². The molecule has 1 aliphatic heterocycles. The molecule has 1 N–H and O–H groups in total. The van der Waals surface area contributed by atoms with E-state index in [0.717, 1.165) is 19.4 Å². The van der Waals surface area contributed by atoms with E-state index in [-0.39, 0.29) is 18.3 Å². The zero-order chi connectivity index (χ0) is 10.1. The second kappa shape index (κ2) is 5.13. The maximum absolute atomic E-state index is 11.5. The van der Waals surface area contributed by atoms with E-state index in [0.29, 0.717) is 17.2 Å². The summed E-state index contributed by atoms with van der Waals surface area (Å²) >= 11 is 0. The minimum atomic E-state index is 0. The lowest BCUT2D eigenvalue weighted by Gasteiger charge is -2.31. The zero-order valence-electron chi connectivity index (χ0n) is 9.59. The number of hydrogen-bond donors (Lipinski definition) is 1. The van der Waals surface area contributed by atoms with E-state index in [1.165, 1.54) is 0 Å². The highest BCUT2D eigenvalue weighted by Crippen LogP contribution is 2.24. The lowest BCUT2D eigenvalue weighted by molar-refractivity contribution is -0.124. The molecule has 0 aliphatic carbocycles. The van der Waals surface area contributed by atoms with Gasteiger partial charge >= 0.3 is 0 Å². The van der Waals surface area contributed by atoms with Gasteiger partial charge in [-0.25, -0.2) is 0 Å². The van der Waals surface area contributed by atoms with Crippen LogP contribution in [0.4, 0.5) is 0 Å². The Morgan fingerprint density at radius 3 is 2.43 bits per heavy atom. The first-order chi connectivity index (χ1) is 5.88. The third-order valence-corrected chi connectivity index (χ3v) is 2.57. The second-order valence-corrected chi connectivity index (χ2v) is 5.44. The standard InChI is InChI=1S/C11H21NO.ClH/c1-8-7-12-9(5-10(8)13)6-11(2,3)4;/h8-9,12H,5-7H2,1-4H3;1H. The number of piperidine rings is 1. The van der Waals surface area contributed by atoms with Crippen LogP contribution < -0.4 is 5.32 Å². The first-order valence-corrected chi connectivity index (χ1v) is 5.14. The fourth-order valence-electron chi connectivity index (χ4n) is 1.86. The Morgan fingerprint density at radius 1 is 1.43 bits per heavy atom. The molecule has 0 saturated carbocycles. The molecule has 0 aromatic heterocycles. The number of ketones is 1. The Bertz CT molecular complexity index is 198. The van der Waals surface area contributed by atoms with E-state index in [4.69, 9.17) is 0 Å². The molecular weight excluding hydrogens is 198 g/mol. The molecule has 0 bridgehead atoms. The summed E-state index contributed by atoms with van der Waals surface area (Å²) in [5, 5.41) is 3.43. The topological polar surface area (TPSA) is 29.1 Å². The summed E-state index contributed by atoms with van der Waals surface area (Å²) in [4.78, 5) is 11.5. The van der Waals surface area contributed by atoms with Crippen LogP contribution in [-0.4, -0.2) is 18.4 Å². The van der Waals surface area contributed by atoms with E-state index in [9.17, 15) is 4.79 Å². The van der Waals surface area contributed by atoms with Gasteiger partial charge in [-0.15, -0.1) is 12.4 Å². The summed E-state index contributed by atoms with van der Waals surface area (Å²) in [7, 11) is 0. The van der Waals surface area contributed by atoms with Crippen molar-refractivity contribution in [1.82, 2.24) is 5.32 Å². The zero-order valence-corrected chi connectivity index (χ0v) is 10.4. The summed E-state index contributed by atoms with van der Waals surface area (Å²) in [6.07, 6.45) is 1.81. The summed E-state index contributed by atoms with van der Waals surface area (Å²) in [6, 6.07) is 0.406. The third-order valence-electron chi connectivity index (χ3n) is 2.57. The number of halogens is 1. The molecule has 0 aromatic rings. The van der Waals surface area contributed by atoms with Crippen LogP contribution in [0.25, 0.3) is 0 Å².